The Kier molecular flexibility index (Phi) is 4.31. The van der Waals surface area contributed by atoms with Crippen LogP contribution in [0.5, 0.6) is 0 Å². The molecule has 2 aliphatic rings. The molecule has 2 N–H and O–H groups in total. The molecule has 2 heterocycles. The lowest BCUT2D eigenvalue weighted by Gasteiger charge is -2.36. The van der Waals surface area contributed by atoms with Crippen LogP contribution in [-0.4, -0.2) is 66.3 Å². The highest BCUT2D eigenvalue weighted by Crippen LogP contribution is 2.30. The van der Waals surface area contributed by atoms with Gasteiger partial charge in [0.1, 0.15) is 5.82 Å². The third-order valence-corrected chi connectivity index (χ3v) is 4.70. The second-order valence-corrected chi connectivity index (χ2v) is 6.45. The van der Waals surface area contributed by atoms with E-state index >= 15 is 0 Å². The molecule has 22 heavy (non-hydrogen) atoms. The SMILES string of the molecule is CN1CCN(c2cc(C(=O)NCC3(O)CCC3)ccn2)CC1. The van der Waals surface area contributed by atoms with Crippen LogP contribution in [0, 0.1) is 0 Å². The molecule has 1 aliphatic heterocycles. The van der Waals surface area contributed by atoms with Gasteiger partial charge in [-0.25, -0.2) is 4.98 Å². The standard InChI is InChI=1S/C16H24N4O2/c1-19-7-9-20(10-8-19)14-11-13(3-6-17-14)15(21)18-12-16(22)4-2-5-16/h3,6,11,22H,2,4-5,7-10,12H2,1H3,(H,18,21). The maximum Gasteiger partial charge on any atom is 0.251 e. The molecule has 1 aromatic heterocycles. The fourth-order valence-corrected chi connectivity index (χ4v) is 2.88. The second-order valence-electron chi connectivity index (χ2n) is 6.45. The minimum absolute atomic E-state index is 0.141. The largest absolute Gasteiger partial charge is 0.388 e. The lowest BCUT2D eigenvalue weighted by molar-refractivity contribution is -0.0300. The van der Waals surface area contributed by atoms with Gasteiger partial charge in [-0.05, 0) is 38.4 Å². The second kappa shape index (κ2) is 6.22. The minimum atomic E-state index is -0.691. The highest BCUT2D eigenvalue weighted by molar-refractivity contribution is 5.94. The van der Waals surface area contributed by atoms with E-state index in [1.54, 1.807) is 12.3 Å². The van der Waals surface area contributed by atoms with Crippen molar-refractivity contribution in [1.82, 2.24) is 15.2 Å². The van der Waals surface area contributed by atoms with Crippen LogP contribution in [0.2, 0.25) is 0 Å². The van der Waals surface area contributed by atoms with Crippen molar-refractivity contribution in [3.05, 3.63) is 23.9 Å². The van der Waals surface area contributed by atoms with Gasteiger partial charge in [-0.3, -0.25) is 4.79 Å². The predicted molar refractivity (Wildman–Crippen MR) is 85.1 cm³/mol. The van der Waals surface area contributed by atoms with Crippen molar-refractivity contribution in [3.63, 3.8) is 0 Å². The van der Waals surface area contributed by atoms with Crippen molar-refractivity contribution < 1.29 is 9.90 Å². The van der Waals surface area contributed by atoms with Gasteiger partial charge in [0.05, 0.1) is 5.60 Å². The summed E-state index contributed by atoms with van der Waals surface area (Å²) in [6.07, 6.45) is 4.27. The zero-order valence-electron chi connectivity index (χ0n) is 13.1. The van der Waals surface area contributed by atoms with Gasteiger partial charge >= 0.3 is 0 Å². The van der Waals surface area contributed by atoms with E-state index in [1.807, 2.05) is 6.07 Å². The summed E-state index contributed by atoms with van der Waals surface area (Å²) >= 11 is 0. The molecule has 0 aromatic carbocycles. The van der Waals surface area contributed by atoms with Gasteiger partial charge in [0.2, 0.25) is 0 Å². The first-order chi connectivity index (χ1) is 10.6. The summed E-state index contributed by atoms with van der Waals surface area (Å²) in [5.74, 6) is 0.709. The summed E-state index contributed by atoms with van der Waals surface area (Å²) in [6.45, 7) is 4.19. The topological polar surface area (TPSA) is 68.7 Å². The molecule has 6 nitrogen and oxygen atoms in total. The molecular weight excluding hydrogens is 280 g/mol. The van der Waals surface area contributed by atoms with Crippen LogP contribution in [-0.2, 0) is 0 Å². The number of nitrogens with one attached hydrogen (secondary N) is 1. The van der Waals surface area contributed by atoms with E-state index in [0.29, 0.717) is 12.1 Å². The van der Waals surface area contributed by atoms with E-state index in [-0.39, 0.29) is 5.91 Å². The Labute approximate surface area is 131 Å². The van der Waals surface area contributed by atoms with Crippen LogP contribution in [0.15, 0.2) is 18.3 Å². The monoisotopic (exact) mass is 304 g/mol. The molecule has 0 radical (unpaired) electrons. The first-order valence-electron chi connectivity index (χ1n) is 7.96. The molecule has 1 aliphatic carbocycles. The highest BCUT2D eigenvalue weighted by Gasteiger charge is 2.34. The van der Waals surface area contributed by atoms with E-state index in [9.17, 15) is 9.90 Å². The van der Waals surface area contributed by atoms with Gasteiger partial charge in [-0.1, -0.05) is 0 Å². The third-order valence-electron chi connectivity index (χ3n) is 4.70. The fraction of sp³-hybridized carbons (Fsp3) is 0.625. The first-order valence-corrected chi connectivity index (χ1v) is 7.96. The van der Waals surface area contributed by atoms with E-state index < -0.39 is 5.60 Å². The molecule has 120 valence electrons. The zero-order valence-corrected chi connectivity index (χ0v) is 13.1. The van der Waals surface area contributed by atoms with Crippen molar-refractivity contribution in [1.29, 1.82) is 0 Å². The number of amides is 1. The average molecular weight is 304 g/mol. The van der Waals surface area contributed by atoms with Gasteiger partial charge in [0.25, 0.3) is 5.91 Å². The molecular formula is C16H24N4O2. The predicted octanol–water partition coefficient (Wildman–Crippen LogP) is 0.478. The molecule has 0 atom stereocenters. The van der Waals surface area contributed by atoms with Crippen molar-refractivity contribution in [2.24, 2.45) is 0 Å². The lowest BCUT2D eigenvalue weighted by atomic mass is 9.80. The number of aromatic nitrogens is 1. The molecule has 3 rings (SSSR count). The van der Waals surface area contributed by atoms with E-state index in [0.717, 1.165) is 51.3 Å². The van der Waals surface area contributed by atoms with Crippen molar-refractivity contribution >= 4 is 11.7 Å². The van der Waals surface area contributed by atoms with Crippen LogP contribution in [0.1, 0.15) is 29.6 Å². The van der Waals surface area contributed by atoms with Gasteiger partial charge in [0, 0.05) is 44.5 Å². The Hall–Kier alpha value is -1.66. The number of nitrogens with zero attached hydrogens (tertiary/aromatic N) is 3. The highest BCUT2D eigenvalue weighted by atomic mass is 16.3. The molecule has 0 bridgehead atoms. The number of hydrogen-bond donors (Lipinski definition) is 2. The van der Waals surface area contributed by atoms with Crippen LogP contribution < -0.4 is 10.2 Å². The number of piperazine rings is 1. The Morgan fingerprint density at radius 3 is 2.73 bits per heavy atom. The molecule has 0 unspecified atom stereocenters. The van der Waals surface area contributed by atoms with Crippen LogP contribution in [0.3, 0.4) is 0 Å². The summed E-state index contributed by atoms with van der Waals surface area (Å²) in [6, 6.07) is 3.56. The quantitative estimate of drug-likeness (QED) is 0.847. The number of carbonyl (C=O) groups is 1. The third kappa shape index (κ3) is 3.39. The molecule has 0 spiro atoms. The smallest absolute Gasteiger partial charge is 0.251 e. The molecule has 1 saturated heterocycles. The Balaban J connectivity index is 1.61. The Morgan fingerprint density at radius 2 is 2.09 bits per heavy atom. The number of pyridine rings is 1. The number of anilines is 1. The molecule has 1 saturated carbocycles. The summed E-state index contributed by atoms with van der Waals surface area (Å²) in [5.41, 5.74) is -0.0879. The lowest BCUT2D eigenvalue weighted by Crippen LogP contribution is -2.47. The number of carbonyl (C=O) groups excluding carboxylic acids is 1. The van der Waals surface area contributed by atoms with Gasteiger partial charge in [0.15, 0.2) is 0 Å². The molecule has 1 aromatic rings. The van der Waals surface area contributed by atoms with Crippen molar-refractivity contribution in [2.75, 3.05) is 44.7 Å². The van der Waals surface area contributed by atoms with Crippen LogP contribution in [0.4, 0.5) is 5.82 Å². The number of rotatable bonds is 4. The normalized spacial score (nSPS) is 21.3. The summed E-state index contributed by atoms with van der Waals surface area (Å²) in [4.78, 5) is 21.1. The van der Waals surface area contributed by atoms with Gasteiger partial charge in [-0.2, -0.15) is 0 Å². The maximum atomic E-state index is 12.2. The average Bonchev–Trinajstić information content (AvgIpc) is 2.51. The van der Waals surface area contributed by atoms with Gasteiger partial charge < -0.3 is 20.2 Å². The minimum Gasteiger partial charge on any atom is -0.388 e. The summed E-state index contributed by atoms with van der Waals surface area (Å²) in [7, 11) is 2.11. The zero-order chi connectivity index (χ0) is 15.6. The maximum absolute atomic E-state index is 12.2. The van der Waals surface area contributed by atoms with Crippen molar-refractivity contribution in [3.8, 4) is 0 Å². The van der Waals surface area contributed by atoms with E-state index in [2.05, 4.69) is 27.1 Å². The van der Waals surface area contributed by atoms with Gasteiger partial charge in [-0.15, -0.1) is 0 Å². The summed E-state index contributed by atoms with van der Waals surface area (Å²) in [5, 5.41) is 12.9. The Bertz CT molecular complexity index is 537. The summed E-state index contributed by atoms with van der Waals surface area (Å²) < 4.78 is 0. The van der Waals surface area contributed by atoms with Crippen molar-refractivity contribution in [2.45, 2.75) is 24.9 Å². The van der Waals surface area contributed by atoms with Crippen LogP contribution in [0.25, 0.3) is 0 Å². The number of hydrogen-bond acceptors (Lipinski definition) is 5. The van der Waals surface area contributed by atoms with E-state index in [1.165, 1.54) is 0 Å². The van der Waals surface area contributed by atoms with Crippen LogP contribution >= 0.6 is 0 Å². The number of likely N-dealkylation sites (N-methyl/N-ethyl adjacent to an activating group) is 1. The Morgan fingerprint density at radius 1 is 1.36 bits per heavy atom. The molecule has 1 amide bonds. The van der Waals surface area contributed by atoms with E-state index in [4.69, 9.17) is 0 Å². The first kappa shape index (κ1) is 15.2. The molecule has 6 heteroatoms. The fourth-order valence-electron chi connectivity index (χ4n) is 2.88. The number of aliphatic hydroxyl groups is 1. The molecule has 2 fully saturated rings.